The molecule has 2 heterocycles. The van der Waals surface area contributed by atoms with E-state index in [0.717, 1.165) is 0 Å². The van der Waals surface area contributed by atoms with Crippen LogP contribution in [0.25, 0.3) is 0 Å². The van der Waals surface area contributed by atoms with Gasteiger partial charge in [0.25, 0.3) is 5.91 Å². The summed E-state index contributed by atoms with van der Waals surface area (Å²) in [6.45, 7) is 4.19. The summed E-state index contributed by atoms with van der Waals surface area (Å²) < 4.78 is 1.55. The van der Waals surface area contributed by atoms with Crippen molar-refractivity contribution in [2.24, 2.45) is 0 Å². The van der Waals surface area contributed by atoms with E-state index in [0.29, 0.717) is 34.5 Å². The van der Waals surface area contributed by atoms with Gasteiger partial charge in [0.2, 0.25) is 0 Å². The van der Waals surface area contributed by atoms with Crippen LogP contribution in [0, 0.1) is 6.92 Å². The maximum absolute atomic E-state index is 12.2. The predicted octanol–water partition coefficient (Wildman–Crippen LogP) is 2.09. The fourth-order valence-corrected chi connectivity index (χ4v) is 1.88. The quantitative estimate of drug-likeness (QED) is 0.901. The maximum atomic E-state index is 12.2. The van der Waals surface area contributed by atoms with Gasteiger partial charge in [-0.1, -0.05) is 11.6 Å². The van der Waals surface area contributed by atoms with E-state index in [9.17, 15) is 4.79 Å². The van der Waals surface area contributed by atoms with Crippen molar-refractivity contribution < 1.29 is 4.79 Å². The van der Waals surface area contributed by atoms with Gasteiger partial charge in [-0.05, 0) is 26.0 Å². The monoisotopic (exact) mass is 279 g/mol. The molecule has 7 heteroatoms. The van der Waals surface area contributed by atoms with Crippen molar-refractivity contribution in [2.75, 3.05) is 11.1 Å². The van der Waals surface area contributed by atoms with Crippen molar-refractivity contribution in [2.45, 2.75) is 20.4 Å². The fourth-order valence-electron chi connectivity index (χ4n) is 1.71. The molecular formula is C12H14ClN5O. The van der Waals surface area contributed by atoms with Crippen LogP contribution in [0.3, 0.4) is 0 Å². The van der Waals surface area contributed by atoms with Crippen LogP contribution in [0.4, 0.5) is 11.5 Å². The third-order valence-electron chi connectivity index (χ3n) is 2.68. The second-order valence-corrected chi connectivity index (χ2v) is 4.36. The molecule has 2 rings (SSSR count). The zero-order valence-electron chi connectivity index (χ0n) is 10.6. The molecule has 2 aromatic rings. The molecular weight excluding hydrogens is 266 g/mol. The number of hydrogen-bond donors (Lipinski definition) is 2. The third kappa shape index (κ3) is 2.53. The average molecular weight is 280 g/mol. The van der Waals surface area contributed by atoms with Gasteiger partial charge in [-0.3, -0.25) is 9.48 Å². The molecule has 3 N–H and O–H groups in total. The number of anilines is 2. The molecule has 0 aliphatic rings. The molecule has 1 amide bonds. The number of nitrogen functional groups attached to an aromatic ring is 1. The molecule has 0 bridgehead atoms. The first-order chi connectivity index (χ1) is 9.04. The number of nitrogens with zero attached hydrogens (tertiary/aromatic N) is 3. The van der Waals surface area contributed by atoms with Crippen LogP contribution in [0.2, 0.25) is 5.02 Å². The topological polar surface area (TPSA) is 85.8 Å². The molecule has 0 atom stereocenters. The summed E-state index contributed by atoms with van der Waals surface area (Å²) in [5, 5.41) is 7.19. The van der Waals surface area contributed by atoms with Crippen LogP contribution in [0.5, 0.6) is 0 Å². The number of amides is 1. The molecule has 2 aromatic heterocycles. The van der Waals surface area contributed by atoms with Gasteiger partial charge >= 0.3 is 0 Å². The molecule has 100 valence electrons. The Morgan fingerprint density at radius 1 is 1.58 bits per heavy atom. The Morgan fingerprint density at radius 3 is 2.95 bits per heavy atom. The van der Waals surface area contributed by atoms with Crippen molar-refractivity contribution >= 4 is 29.0 Å². The largest absolute Gasteiger partial charge is 0.395 e. The van der Waals surface area contributed by atoms with E-state index < -0.39 is 0 Å². The molecule has 0 aliphatic carbocycles. The smallest absolute Gasteiger partial charge is 0.277 e. The molecule has 6 nitrogen and oxygen atoms in total. The van der Waals surface area contributed by atoms with Crippen molar-refractivity contribution in [3.05, 3.63) is 34.7 Å². The van der Waals surface area contributed by atoms with Crippen LogP contribution in [-0.4, -0.2) is 20.7 Å². The first-order valence-electron chi connectivity index (χ1n) is 5.79. The van der Waals surface area contributed by atoms with Gasteiger partial charge < -0.3 is 11.1 Å². The Morgan fingerprint density at radius 2 is 2.32 bits per heavy atom. The third-order valence-corrected chi connectivity index (χ3v) is 2.98. The van der Waals surface area contributed by atoms with Gasteiger partial charge in [-0.15, -0.1) is 0 Å². The van der Waals surface area contributed by atoms with Crippen molar-refractivity contribution in [3.63, 3.8) is 0 Å². The summed E-state index contributed by atoms with van der Waals surface area (Å²) in [7, 11) is 0. The highest BCUT2D eigenvalue weighted by Crippen LogP contribution is 2.21. The maximum Gasteiger partial charge on any atom is 0.277 e. The number of carbonyl (C=O) groups excluding carboxylic acids is 1. The van der Waals surface area contributed by atoms with Crippen LogP contribution < -0.4 is 11.1 Å². The van der Waals surface area contributed by atoms with E-state index in [1.165, 1.54) is 0 Å². The van der Waals surface area contributed by atoms with Gasteiger partial charge in [-0.2, -0.15) is 5.10 Å². The number of nitrogens with one attached hydrogen (secondary N) is 1. The first kappa shape index (κ1) is 13.4. The Balaban J connectivity index is 2.33. The molecule has 0 fully saturated rings. The molecule has 19 heavy (non-hydrogen) atoms. The summed E-state index contributed by atoms with van der Waals surface area (Å²) >= 11 is 5.94. The Kier molecular flexibility index (Phi) is 3.71. The number of pyridine rings is 1. The molecule has 0 saturated carbocycles. The van der Waals surface area contributed by atoms with Crippen LogP contribution >= 0.6 is 11.6 Å². The number of rotatable bonds is 3. The van der Waals surface area contributed by atoms with E-state index in [-0.39, 0.29) is 5.91 Å². The standard InChI is InChI=1S/C12H14ClN5O/c1-3-18-10(9(14)7(2)17-18)12(19)16-11-8(13)5-4-6-15-11/h4-6H,3,14H2,1-2H3,(H,15,16,19). The van der Waals surface area contributed by atoms with Crippen molar-refractivity contribution in [3.8, 4) is 0 Å². The number of halogens is 1. The lowest BCUT2D eigenvalue weighted by molar-refractivity contribution is 0.101. The van der Waals surface area contributed by atoms with Gasteiger partial charge in [0, 0.05) is 12.7 Å². The number of aryl methyl sites for hydroxylation is 2. The molecule has 0 aromatic carbocycles. The van der Waals surface area contributed by atoms with Gasteiger partial charge in [0.1, 0.15) is 5.69 Å². The Labute approximate surface area is 115 Å². The lowest BCUT2D eigenvalue weighted by atomic mass is 10.3. The highest BCUT2D eigenvalue weighted by molar-refractivity contribution is 6.33. The minimum absolute atomic E-state index is 0.301. The van der Waals surface area contributed by atoms with E-state index >= 15 is 0 Å². The second-order valence-electron chi connectivity index (χ2n) is 3.95. The van der Waals surface area contributed by atoms with Crippen LogP contribution in [0.1, 0.15) is 23.1 Å². The summed E-state index contributed by atoms with van der Waals surface area (Å²) in [6, 6.07) is 3.34. The van der Waals surface area contributed by atoms with Gasteiger partial charge in [0.05, 0.1) is 16.4 Å². The number of carbonyl (C=O) groups is 1. The molecule has 0 saturated heterocycles. The van der Waals surface area contributed by atoms with E-state index in [1.54, 1.807) is 29.9 Å². The van der Waals surface area contributed by atoms with E-state index in [1.807, 2.05) is 6.92 Å². The zero-order valence-corrected chi connectivity index (χ0v) is 11.4. The highest BCUT2D eigenvalue weighted by Gasteiger charge is 2.20. The van der Waals surface area contributed by atoms with Crippen molar-refractivity contribution in [1.82, 2.24) is 14.8 Å². The fraction of sp³-hybridized carbons (Fsp3) is 0.250. The number of aromatic nitrogens is 3. The SMILES string of the molecule is CCn1nc(C)c(N)c1C(=O)Nc1ncccc1Cl. The lowest BCUT2D eigenvalue weighted by Gasteiger charge is -2.07. The first-order valence-corrected chi connectivity index (χ1v) is 6.17. The summed E-state index contributed by atoms with van der Waals surface area (Å²) in [6.07, 6.45) is 1.55. The lowest BCUT2D eigenvalue weighted by Crippen LogP contribution is -2.19. The van der Waals surface area contributed by atoms with E-state index in [2.05, 4.69) is 15.4 Å². The summed E-state index contributed by atoms with van der Waals surface area (Å²) in [5.41, 5.74) is 7.19. The summed E-state index contributed by atoms with van der Waals surface area (Å²) in [5.74, 6) is -0.0735. The minimum atomic E-state index is -0.374. The molecule has 0 aliphatic heterocycles. The molecule has 0 unspecified atom stereocenters. The molecule has 0 spiro atoms. The molecule has 0 radical (unpaired) electrons. The van der Waals surface area contributed by atoms with Crippen LogP contribution in [-0.2, 0) is 6.54 Å². The number of nitrogens with two attached hydrogens (primary N) is 1. The van der Waals surface area contributed by atoms with Gasteiger partial charge in [-0.25, -0.2) is 4.98 Å². The minimum Gasteiger partial charge on any atom is -0.395 e. The van der Waals surface area contributed by atoms with Gasteiger partial charge in [0.15, 0.2) is 5.82 Å². The predicted molar refractivity (Wildman–Crippen MR) is 74.3 cm³/mol. The zero-order chi connectivity index (χ0) is 14.0. The Hall–Kier alpha value is -2.08. The van der Waals surface area contributed by atoms with Crippen LogP contribution in [0.15, 0.2) is 18.3 Å². The van der Waals surface area contributed by atoms with Crippen molar-refractivity contribution in [1.29, 1.82) is 0 Å². The Bertz CT molecular complexity index is 623. The second kappa shape index (κ2) is 5.27. The van der Waals surface area contributed by atoms with E-state index in [4.69, 9.17) is 17.3 Å². The average Bonchev–Trinajstić information content (AvgIpc) is 2.68. The normalized spacial score (nSPS) is 10.5. The number of hydrogen-bond acceptors (Lipinski definition) is 4. The summed E-state index contributed by atoms with van der Waals surface area (Å²) in [4.78, 5) is 16.2. The highest BCUT2D eigenvalue weighted by atomic mass is 35.5.